The molecule has 0 saturated carbocycles. The summed E-state index contributed by atoms with van der Waals surface area (Å²) in [6.07, 6.45) is 36.5. The lowest BCUT2D eigenvalue weighted by atomic mass is 9.92. The molecule has 0 aliphatic carbocycles. The Kier molecular flexibility index (Phi) is 18.2. The van der Waals surface area contributed by atoms with Gasteiger partial charge in [0.15, 0.2) is 34.3 Å². The van der Waals surface area contributed by atoms with Gasteiger partial charge in [0.05, 0.1) is 10.7 Å². The van der Waals surface area contributed by atoms with Gasteiger partial charge in [-0.1, -0.05) is 158 Å². The van der Waals surface area contributed by atoms with Crippen LogP contribution in [0.25, 0.3) is 32.3 Å². The van der Waals surface area contributed by atoms with Gasteiger partial charge in [0, 0.05) is 43.4 Å². The molecule has 9 heteroatoms. The Labute approximate surface area is 485 Å². The van der Waals surface area contributed by atoms with E-state index in [-0.39, 0.29) is 0 Å². The van der Waals surface area contributed by atoms with Crippen LogP contribution >= 0.6 is 7.59 Å². The Morgan fingerprint density at radius 3 is 0.901 bits per heavy atom. The molecule has 7 heterocycles. The van der Waals surface area contributed by atoms with Crippen molar-refractivity contribution in [1.82, 2.24) is 13.0 Å². The smallest absolute Gasteiger partial charge is 0.248 e. The Hall–Kier alpha value is -5.33. The van der Waals surface area contributed by atoms with Gasteiger partial charge in [0.25, 0.3) is 0 Å². The lowest BCUT2D eigenvalue weighted by Gasteiger charge is -2.25. The normalized spacial score (nSPS) is 15.5. The van der Waals surface area contributed by atoms with Crippen LogP contribution in [0.5, 0.6) is 0 Å². The van der Waals surface area contributed by atoms with E-state index in [4.69, 9.17) is 20.0 Å². The van der Waals surface area contributed by atoms with Crippen LogP contribution in [0.3, 0.4) is 0 Å². The summed E-state index contributed by atoms with van der Waals surface area (Å²) in [4.78, 5) is 23.4. The number of hydrogen-bond donors (Lipinski definition) is 0. The Morgan fingerprint density at radius 2 is 0.568 bits per heavy atom. The van der Waals surface area contributed by atoms with E-state index in [0.717, 1.165) is 174 Å². The number of rotatable bonds is 32. The number of benzene rings is 4. The number of unbranched alkanes of at least 4 members (excludes halogenated alkanes) is 16. The van der Waals surface area contributed by atoms with Crippen LogP contribution in [-0.2, 0) is 55.9 Å². The predicted molar refractivity (Wildman–Crippen MR) is 344 cm³/mol. The van der Waals surface area contributed by atoms with Crippen molar-refractivity contribution >= 4 is 63.2 Å². The van der Waals surface area contributed by atoms with Crippen molar-refractivity contribution in [3.05, 3.63) is 126 Å². The van der Waals surface area contributed by atoms with Crippen molar-refractivity contribution in [1.29, 1.82) is 0 Å². The molecule has 0 amide bonds. The number of aliphatic imine (C=N–C) groups is 2. The highest BCUT2D eigenvalue weighted by Crippen LogP contribution is 2.63. The zero-order chi connectivity index (χ0) is 56.2. The fraction of sp³-hybridized carbons (Fsp3) is 0.556. The highest BCUT2D eigenvalue weighted by atomic mass is 31.2. The molecule has 0 saturated heterocycles. The molecule has 2 bridgehead atoms. The number of aryl methyl sites for hydroxylation is 8. The lowest BCUT2D eigenvalue weighted by Crippen LogP contribution is -2.29. The number of aromatic nitrogens is 3. The van der Waals surface area contributed by atoms with Gasteiger partial charge in [-0.15, -0.1) is 0 Å². The molecule has 4 aliphatic heterocycles. The fourth-order valence-electron chi connectivity index (χ4n) is 14.2. The molecule has 11 rings (SSSR count). The fourth-order valence-corrected chi connectivity index (χ4v) is 17.3. The van der Waals surface area contributed by atoms with E-state index in [1.54, 1.807) is 0 Å². The van der Waals surface area contributed by atoms with Crippen LogP contribution in [0, 0.1) is 10.7 Å². The summed E-state index contributed by atoms with van der Waals surface area (Å²) in [6.45, 7) is 18.5. The van der Waals surface area contributed by atoms with Gasteiger partial charge >= 0.3 is 7.59 Å². The minimum Gasteiger partial charge on any atom is -0.248 e. The highest BCUT2D eigenvalue weighted by Gasteiger charge is 2.47. The third-order valence-corrected chi connectivity index (χ3v) is 21.5. The quantitative estimate of drug-likeness (QED) is 0.0306. The maximum atomic E-state index is 18.5. The van der Waals surface area contributed by atoms with Crippen LogP contribution in [0.4, 0.5) is 11.6 Å². The molecule has 1 atom stereocenters. The summed E-state index contributed by atoms with van der Waals surface area (Å²) >= 11 is 0. The van der Waals surface area contributed by atoms with Crippen molar-refractivity contribution in [2.24, 2.45) is 20.0 Å². The summed E-state index contributed by atoms with van der Waals surface area (Å²) in [5, 5.41) is 8.63. The van der Waals surface area contributed by atoms with E-state index < -0.39 is 7.59 Å². The van der Waals surface area contributed by atoms with E-state index >= 15 is 4.57 Å². The Balaban J connectivity index is 1.33. The third-order valence-electron chi connectivity index (χ3n) is 18.8. The maximum Gasteiger partial charge on any atom is 0.378 e. The standard InChI is InChI=1S/C72H96N7OP/c1-9-17-25-33-49-41-57-61(45-53(49)37-29-21-13-5)69-74-67-59-43-51(35-27-19-11-3)52(36-28-20-12-4)44-60(59)68(73-67)75-70-63-47-55(39-31-23-15-7)56(40-32-24-16-8)48-64(63)72-76-71-62-46-54(38-30-22-14-6)50(34-26-18-10-2)42-58(62)66-65(57)77(69)81(80,78(66)71)79(70)72/h41-48H,9-40H2,1-8H3. The molecule has 1 unspecified atom stereocenters. The molecule has 4 aliphatic rings. The molecule has 8 nitrogen and oxygen atoms in total. The molecule has 0 N–H and O–H groups in total. The van der Waals surface area contributed by atoms with Crippen LogP contribution in [0.2, 0.25) is 0 Å². The summed E-state index contributed by atoms with van der Waals surface area (Å²) in [7, 11) is -4.00. The first-order valence-electron chi connectivity index (χ1n) is 33.3. The molecule has 430 valence electrons. The van der Waals surface area contributed by atoms with Crippen LogP contribution < -0.4 is 11.0 Å². The molecule has 4 aromatic carbocycles. The molecule has 0 fully saturated rings. The van der Waals surface area contributed by atoms with Crippen molar-refractivity contribution in [3.8, 4) is 0 Å². The van der Waals surface area contributed by atoms with E-state index in [9.17, 15) is 0 Å². The minimum absolute atomic E-state index is 0.674. The molecule has 3 aromatic heterocycles. The van der Waals surface area contributed by atoms with Gasteiger partial charge in [-0.2, -0.15) is 0 Å². The van der Waals surface area contributed by atoms with Gasteiger partial charge in [-0.3, -0.25) is 0 Å². The molecule has 0 radical (unpaired) electrons. The number of nitrogens with zero attached hydrogens (tertiary/aromatic N) is 7. The van der Waals surface area contributed by atoms with Gasteiger partial charge in [-0.25, -0.2) is 37.5 Å². The minimum atomic E-state index is -4.00. The first kappa shape index (κ1) is 57.5. The van der Waals surface area contributed by atoms with Gasteiger partial charge in [-0.05, 0) is 196 Å². The number of amidine groups is 2. The Morgan fingerprint density at radius 1 is 0.296 bits per heavy atom. The van der Waals surface area contributed by atoms with Gasteiger partial charge in [0.1, 0.15) is 0 Å². The zero-order valence-corrected chi connectivity index (χ0v) is 52.1. The summed E-state index contributed by atoms with van der Waals surface area (Å²) in [5.74, 6) is 2.83. The molecular weight excluding hydrogens is 1010 g/mol. The molecule has 81 heavy (non-hydrogen) atoms. The molecule has 7 aromatic rings. The average molecular weight is 1110 g/mol. The van der Waals surface area contributed by atoms with Crippen molar-refractivity contribution in [2.45, 2.75) is 261 Å². The van der Waals surface area contributed by atoms with E-state index in [1.165, 1.54) is 147 Å². The molecule has 0 spiro atoms. The first-order valence-corrected chi connectivity index (χ1v) is 34.8. The molecular formula is C72H96N7OP. The maximum absolute atomic E-state index is 18.5. The summed E-state index contributed by atoms with van der Waals surface area (Å²) < 4.78 is 25.1. The van der Waals surface area contributed by atoms with E-state index in [1.807, 2.05) is 0 Å². The van der Waals surface area contributed by atoms with E-state index in [2.05, 4.69) is 117 Å². The number of fused-ring (bicyclic) bond motifs is 13. The van der Waals surface area contributed by atoms with Crippen molar-refractivity contribution in [3.63, 3.8) is 0 Å². The summed E-state index contributed by atoms with van der Waals surface area (Å²) in [5.41, 5.74) is 15.0. The monoisotopic (exact) mass is 1110 g/mol. The number of hydrogen-bond acceptors (Lipinski definition) is 5. The SMILES string of the molecule is CCCCCc1cc2c(cc1CCCCC)C1=Nc3c4cc(CCCCC)c(CCCCC)cc4c4n3P3(=O)n5c(c6cc(CCCCC)c(CCCCC)cc6c5=c5c6cc(CCCCC)c(CCCCC)cc6c(n53)=N4)=NC2=N1. The summed E-state index contributed by atoms with van der Waals surface area (Å²) in [6, 6.07) is 19.9. The van der Waals surface area contributed by atoms with Gasteiger partial charge < -0.3 is 0 Å². The average Bonchev–Trinajstić information content (AvgIpc) is 2.22. The second-order valence-electron chi connectivity index (χ2n) is 24.9. The largest absolute Gasteiger partial charge is 0.378 e. The Bertz CT molecular complexity index is 3820. The van der Waals surface area contributed by atoms with Crippen molar-refractivity contribution in [2.75, 3.05) is 0 Å². The topological polar surface area (TPSA) is 81.3 Å². The lowest BCUT2D eigenvalue weighted by molar-refractivity contribution is 0.551. The third kappa shape index (κ3) is 10.6. The first-order chi connectivity index (χ1) is 39.8. The van der Waals surface area contributed by atoms with E-state index in [0.29, 0.717) is 17.5 Å². The van der Waals surface area contributed by atoms with Crippen molar-refractivity contribution < 1.29 is 4.57 Å². The van der Waals surface area contributed by atoms with Crippen LogP contribution in [0.15, 0.2) is 68.5 Å². The zero-order valence-electron chi connectivity index (χ0n) is 51.2. The second kappa shape index (κ2) is 25.7. The highest BCUT2D eigenvalue weighted by molar-refractivity contribution is 7.59. The van der Waals surface area contributed by atoms with Gasteiger partial charge in [0.2, 0.25) is 0 Å². The van der Waals surface area contributed by atoms with Crippen LogP contribution in [0.1, 0.15) is 265 Å². The second-order valence-corrected chi connectivity index (χ2v) is 27.1. The van der Waals surface area contributed by atoms with Crippen LogP contribution in [-0.4, -0.2) is 24.7 Å². The predicted octanol–water partition coefficient (Wildman–Crippen LogP) is 19.8.